The van der Waals surface area contributed by atoms with E-state index in [1.54, 1.807) is 12.1 Å². The van der Waals surface area contributed by atoms with Crippen LogP contribution < -0.4 is 4.74 Å². The van der Waals surface area contributed by atoms with Crippen LogP contribution in [-0.4, -0.2) is 11.1 Å². The zero-order valence-corrected chi connectivity index (χ0v) is 13.5. The average molecular weight is 339 g/mol. The first kappa shape index (κ1) is 16.1. The molecule has 0 radical (unpaired) electrons. The highest BCUT2D eigenvalue weighted by Gasteiger charge is 2.10. The van der Waals surface area contributed by atoms with Gasteiger partial charge in [0.05, 0.1) is 5.56 Å². The van der Waals surface area contributed by atoms with E-state index >= 15 is 0 Å². The second-order valence-corrected chi connectivity index (χ2v) is 5.71. The summed E-state index contributed by atoms with van der Waals surface area (Å²) < 4.78 is 5.81. The first-order valence-electron chi connectivity index (χ1n) is 7.43. The molecule has 1 N–H and O–H groups in total. The van der Waals surface area contributed by atoms with Gasteiger partial charge in [0.2, 0.25) is 0 Å². The molecule has 0 aliphatic rings. The molecule has 3 aromatic rings. The third-order valence-corrected chi connectivity index (χ3v) is 3.94. The summed E-state index contributed by atoms with van der Waals surface area (Å²) in [4.78, 5) is 11.2. The lowest BCUT2D eigenvalue weighted by Crippen LogP contribution is -1.97. The lowest BCUT2D eigenvalue weighted by atomic mass is 10.0. The molecule has 0 unspecified atom stereocenters. The van der Waals surface area contributed by atoms with E-state index in [0.717, 1.165) is 11.1 Å². The van der Waals surface area contributed by atoms with Crippen molar-refractivity contribution < 1.29 is 14.6 Å². The van der Waals surface area contributed by atoms with Crippen molar-refractivity contribution in [2.75, 3.05) is 0 Å². The van der Waals surface area contributed by atoms with Crippen molar-refractivity contribution in [2.24, 2.45) is 0 Å². The molecule has 0 amide bonds. The van der Waals surface area contributed by atoms with Gasteiger partial charge in [0.15, 0.2) is 0 Å². The molecule has 3 aromatic carbocycles. The molecule has 0 heterocycles. The van der Waals surface area contributed by atoms with E-state index in [0.29, 0.717) is 22.9 Å². The highest BCUT2D eigenvalue weighted by Crippen LogP contribution is 2.31. The first-order valence-corrected chi connectivity index (χ1v) is 7.81. The average Bonchev–Trinajstić information content (AvgIpc) is 2.61. The molecule has 0 bridgehead atoms. The fourth-order valence-corrected chi connectivity index (χ4v) is 2.60. The lowest BCUT2D eigenvalue weighted by Gasteiger charge is -2.10. The van der Waals surface area contributed by atoms with E-state index in [4.69, 9.17) is 21.4 Å². The van der Waals surface area contributed by atoms with E-state index in [1.807, 2.05) is 54.6 Å². The normalized spacial score (nSPS) is 10.4. The molecule has 4 heteroatoms. The predicted octanol–water partition coefficient (Wildman–Crippen LogP) is 5.28. The molecule has 0 spiro atoms. The number of aromatic carboxylic acids is 1. The Bertz CT molecular complexity index is 860. The van der Waals surface area contributed by atoms with Gasteiger partial charge in [0.1, 0.15) is 12.4 Å². The van der Waals surface area contributed by atoms with Gasteiger partial charge in [-0.2, -0.15) is 0 Å². The molecular weight excluding hydrogens is 324 g/mol. The SMILES string of the molecule is O=C(O)c1ccc(Cl)c(-c2cccc(OCc3ccccc3)c2)c1. The Balaban J connectivity index is 1.85. The van der Waals surface area contributed by atoms with Gasteiger partial charge in [0, 0.05) is 10.6 Å². The number of rotatable bonds is 5. The Labute approximate surface area is 145 Å². The maximum absolute atomic E-state index is 11.2. The van der Waals surface area contributed by atoms with Gasteiger partial charge in [-0.15, -0.1) is 0 Å². The van der Waals surface area contributed by atoms with Gasteiger partial charge in [0.25, 0.3) is 0 Å². The standard InChI is InChI=1S/C20H15ClO3/c21-19-10-9-16(20(22)23)12-18(19)15-7-4-8-17(11-15)24-13-14-5-2-1-3-6-14/h1-12H,13H2,(H,22,23). The van der Waals surface area contributed by atoms with E-state index in [9.17, 15) is 4.79 Å². The van der Waals surface area contributed by atoms with Gasteiger partial charge < -0.3 is 9.84 Å². The lowest BCUT2D eigenvalue weighted by molar-refractivity contribution is 0.0697. The van der Waals surface area contributed by atoms with Crippen molar-refractivity contribution in [1.29, 1.82) is 0 Å². The van der Waals surface area contributed by atoms with Crippen LogP contribution in [0.15, 0.2) is 72.8 Å². The smallest absolute Gasteiger partial charge is 0.335 e. The summed E-state index contributed by atoms with van der Waals surface area (Å²) in [6, 6.07) is 22.0. The summed E-state index contributed by atoms with van der Waals surface area (Å²) in [7, 11) is 0. The molecule has 0 aromatic heterocycles. The van der Waals surface area contributed by atoms with Gasteiger partial charge in [-0.3, -0.25) is 0 Å². The minimum Gasteiger partial charge on any atom is -0.489 e. The van der Waals surface area contributed by atoms with Crippen molar-refractivity contribution in [1.82, 2.24) is 0 Å². The number of hydrogen-bond acceptors (Lipinski definition) is 2. The summed E-state index contributed by atoms with van der Waals surface area (Å²) in [5, 5.41) is 9.64. The Morgan fingerprint density at radius 3 is 2.50 bits per heavy atom. The van der Waals surface area contributed by atoms with Crippen LogP contribution in [0.1, 0.15) is 15.9 Å². The van der Waals surface area contributed by atoms with Crippen LogP contribution in [0.3, 0.4) is 0 Å². The van der Waals surface area contributed by atoms with Crippen molar-refractivity contribution in [3.05, 3.63) is 88.9 Å². The van der Waals surface area contributed by atoms with Gasteiger partial charge in [-0.05, 0) is 41.5 Å². The van der Waals surface area contributed by atoms with Crippen molar-refractivity contribution in [3.63, 3.8) is 0 Å². The minimum absolute atomic E-state index is 0.199. The van der Waals surface area contributed by atoms with E-state index < -0.39 is 5.97 Å². The van der Waals surface area contributed by atoms with Crippen molar-refractivity contribution in [3.8, 4) is 16.9 Å². The van der Waals surface area contributed by atoms with Crippen LogP contribution in [0, 0.1) is 0 Å². The number of carbonyl (C=O) groups is 1. The zero-order valence-electron chi connectivity index (χ0n) is 12.8. The number of benzene rings is 3. The van der Waals surface area contributed by atoms with E-state index in [-0.39, 0.29) is 5.56 Å². The van der Waals surface area contributed by atoms with E-state index in [1.165, 1.54) is 6.07 Å². The number of hydrogen-bond donors (Lipinski definition) is 1. The minimum atomic E-state index is -0.982. The molecule has 3 nitrogen and oxygen atoms in total. The van der Waals surface area contributed by atoms with E-state index in [2.05, 4.69) is 0 Å². The van der Waals surface area contributed by atoms with Crippen molar-refractivity contribution >= 4 is 17.6 Å². The topological polar surface area (TPSA) is 46.5 Å². The second kappa shape index (κ2) is 7.20. The number of halogens is 1. The summed E-state index contributed by atoms with van der Waals surface area (Å²) >= 11 is 6.23. The highest BCUT2D eigenvalue weighted by atomic mass is 35.5. The molecular formula is C20H15ClO3. The molecule has 24 heavy (non-hydrogen) atoms. The molecule has 0 saturated heterocycles. The van der Waals surface area contributed by atoms with Crippen LogP contribution in [0.5, 0.6) is 5.75 Å². The summed E-state index contributed by atoms with van der Waals surface area (Å²) in [5.41, 5.74) is 2.76. The fourth-order valence-electron chi connectivity index (χ4n) is 2.37. The Hall–Kier alpha value is -2.78. The van der Waals surface area contributed by atoms with Crippen LogP contribution >= 0.6 is 11.6 Å². The Morgan fingerprint density at radius 2 is 1.75 bits per heavy atom. The maximum Gasteiger partial charge on any atom is 0.335 e. The third-order valence-electron chi connectivity index (χ3n) is 3.61. The molecule has 0 aliphatic heterocycles. The molecule has 0 atom stereocenters. The van der Waals surface area contributed by atoms with Crippen LogP contribution in [0.25, 0.3) is 11.1 Å². The molecule has 0 saturated carbocycles. The van der Waals surface area contributed by atoms with Crippen LogP contribution in [0.2, 0.25) is 5.02 Å². The molecule has 0 fully saturated rings. The number of ether oxygens (including phenoxy) is 1. The maximum atomic E-state index is 11.2. The fraction of sp³-hybridized carbons (Fsp3) is 0.0500. The summed E-state index contributed by atoms with van der Waals surface area (Å²) in [6.45, 7) is 0.465. The van der Waals surface area contributed by atoms with Gasteiger partial charge in [-0.25, -0.2) is 4.79 Å². The predicted molar refractivity (Wildman–Crippen MR) is 94.6 cm³/mol. The molecule has 120 valence electrons. The summed E-state index contributed by atoms with van der Waals surface area (Å²) in [5.74, 6) is -0.280. The number of carboxylic acid groups (broad SMARTS) is 1. The largest absolute Gasteiger partial charge is 0.489 e. The van der Waals surface area contributed by atoms with Crippen LogP contribution in [-0.2, 0) is 6.61 Å². The summed E-state index contributed by atoms with van der Waals surface area (Å²) in [6.07, 6.45) is 0. The van der Waals surface area contributed by atoms with Crippen LogP contribution in [0.4, 0.5) is 0 Å². The second-order valence-electron chi connectivity index (χ2n) is 5.30. The highest BCUT2D eigenvalue weighted by molar-refractivity contribution is 6.33. The molecule has 0 aliphatic carbocycles. The third kappa shape index (κ3) is 3.76. The quantitative estimate of drug-likeness (QED) is 0.688. The van der Waals surface area contributed by atoms with Gasteiger partial charge >= 0.3 is 5.97 Å². The Morgan fingerprint density at radius 1 is 0.958 bits per heavy atom. The monoisotopic (exact) mass is 338 g/mol. The van der Waals surface area contributed by atoms with Gasteiger partial charge in [-0.1, -0.05) is 54.1 Å². The number of carboxylic acids is 1. The van der Waals surface area contributed by atoms with Crippen molar-refractivity contribution in [2.45, 2.75) is 6.61 Å². The first-order chi connectivity index (χ1) is 11.6. The zero-order chi connectivity index (χ0) is 16.9. The molecule has 3 rings (SSSR count). The Kier molecular flexibility index (Phi) is 4.82.